The van der Waals surface area contributed by atoms with Gasteiger partial charge in [0.25, 0.3) is 10.1 Å². The number of aryl methyl sites for hydroxylation is 1. The van der Waals surface area contributed by atoms with Crippen molar-refractivity contribution in [2.45, 2.75) is 50.3 Å². The van der Waals surface area contributed by atoms with Crippen molar-refractivity contribution in [3.8, 4) is 17.2 Å². The number of hydrogen-bond donors (Lipinski definition) is 2. The van der Waals surface area contributed by atoms with E-state index in [1.54, 1.807) is 18.2 Å². The van der Waals surface area contributed by atoms with Crippen LogP contribution in [0.5, 0.6) is 17.2 Å². The van der Waals surface area contributed by atoms with Crippen LogP contribution in [0.4, 0.5) is 0 Å². The van der Waals surface area contributed by atoms with Gasteiger partial charge in [-0.15, -0.1) is 0 Å². The van der Waals surface area contributed by atoms with E-state index < -0.39 is 10.1 Å². The fourth-order valence-corrected chi connectivity index (χ4v) is 3.37. The fraction of sp³-hybridized carbons (Fsp3) is 0.368. The van der Waals surface area contributed by atoms with Gasteiger partial charge in [0.05, 0.1) is 4.90 Å². The third-order valence-electron chi connectivity index (χ3n) is 3.93. The van der Waals surface area contributed by atoms with Crippen molar-refractivity contribution >= 4 is 10.1 Å². The van der Waals surface area contributed by atoms with Gasteiger partial charge in [0, 0.05) is 0 Å². The zero-order valence-electron chi connectivity index (χ0n) is 14.3. The van der Waals surface area contributed by atoms with Crippen molar-refractivity contribution < 1.29 is 22.8 Å². The van der Waals surface area contributed by atoms with E-state index in [1.165, 1.54) is 24.3 Å². The minimum atomic E-state index is -4.26. The van der Waals surface area contributed by atoms with Crippen molar-refractivity contribution in [3.05, 3.63) is 48.0 Å². The Hall–Kier alpha value is -2.05. The average Bonchev–Trinajstić information content (AvgIpc) is 2.56. The van der Waals surface area contributed by atoms with E-state index in [-0.39, 0.29) is 10.6 Å². The Bertz CT molecular complexity index is 782. The molecule has 0 saturated heterocycles. The molecule has 0 aliphatic heterocycles. The van der Waals surface area contributed by atoms with Crippen molar-refractivity contribution in [2.75, 3.05) is 0 Å². The first kappa shape index (κ1) is 19.3. The van der Waals surface area contributed by atoms with Gasteiger partial charge in [-0.05, 0) is 60.9 Å². The smallest absolute Gasteiger partial charge is 0.294 e. The van der Waals surface area contributed by atoms with Gasteiger partial charge < -0.3 is 9.84 Å². The number of rotatable bonds is 9. The van der Waals surface area contributed by atoms with Crippen molar-refractivity contribution in [2.24, 2.45) is 0 Å². The minimum Gasteiger partial charge on any atom is -0.508 e. The molecule has 2 rings (SSSR count). The summed E-state index contributed by atoms with van der Waals surface area (Å²) in [4.78, 5) is -0.0685. The maximum atomic E-state index is 11.6. The zero-order chi connectivity index (χ0) is 18.3. The summed E-state index contributed by atoms with van der Waals surface area (Å²) in [5, 5.41) is 9.30. The zero-order valence-corrected chi connectivity index (χ0v) is 15.1. The first-order valence-electron chi connectivity index (χ1n) is 8.47. The van der Waals surface area contributed by atoms with Crippen LogP contribution in [0.2, 0.25) is 0 Å². The predicted molar refractivity (Wildman–Crippen MR) is 96.9 cm³/mol. The van der Waals surface area contributed by atoms with Crippen LogP contribution >= 0.6 is 0 Å². The number of unbranched alkanes of at least 4 members (excludes halogenated alkanes) is 4. The molecule has 6 heteroatoms. The summed E-state index contributed by atoms with van der Waals surface area (Å²) in [7, 11) is -4.26. The number of aromatic hydroxyl groups is 1. The molecular formula is C19H24O5S. The van der Waals surface area contributed by atoms with Gasteiger partial charge in [0.15, 0.2) is 0 Å². The summed E-state index contributed by atoms with van der Waals surface area (Å²) in [5.74, 6) is 1.16. The molecule has 0 atom stereocenters. The molecule has 0 fully saturated rings. The average molecular weight is 364 g/mol. The minimum absolute atomic E-state index is 0.0685. The standard InChI is InChI=1S/C19H24O5S/c1-2-3-4-5-6-7-15-14-18(12-13-19(15)25(21,22)23)24-17-10-8-16(20)9-11-17/h8-14,20H,2-7H2,1H3,(H,21,22,23). The Morgan fingerprint density at radius 3 is 2.20 bits per heavy atom. The predicted octanol–water partition coefficient (Wildman–Crippen LogP) is 4.94. The molecule has 0 aromatic heterocycles. The van der Waals surface area contributed by atoms with Crippen LogP contribution in [0.25, 0.3) is 0 Å². The highest BCUT2D eigenvalue weighted by Crippen LogP contribution is 2.28. The maximum Gasteiger partial charge on any atom is 0.294 e. The van der Waals surface area contributed by atoms with Crippen LogP contribution in [-0.2, 0) is 16.5 Å². The van der Waals surface area contributed by atoms with Crippen LogP contribution < -0.4 is 4.74 Å². The summed E-state index contributed by atoms with van der Waals surface area (Å²) < 4.78 is 38.3. The molecule has 0 heterocycles. The number of ether oxygens (including phenoxy) is 1. The lowest BCUT2D eigenvalue weighted by molar-refractivity contribution is 0.462. The van der Waals surface area contributed by atoms with E-state index in [1.807, 2.05) is 0 Å². The topological polar surface area (TPSA) is 83.8 Å². The van der Waals surface area contributed by atoms with Gasteiger partial charge in [0.1, 0.15) is 17.2 Å². The molecule has 2 aromatic carbocycles. The molecule has 0 aliphatic rings. The normalized spacial score (nSPS) is 11.4. The number of benzene rings is 2. The second-order valence-electron chi connectivity index (χ2n) is 6.00. The molecule has 0 aliphatic carbocycles. The van der Waals surface area contributed by atoms with Gasteiger partial charge in [-0.3, -0.25) is 4.55 Å². The SMILES string of the molecule is CCCCCCCc1cc(Oc2ccc(O)cc2)ccc1S(=O)(=O)O. The summed E-state index contributed by atoms with van der Waals surface area (Å²) in [5.41, 5.74) is 0.551. The molecule has 0 amide bonds. The van der Waals surface area contributed by atoms with Crippen LogP contribution in [0, 0.1) is 0 Å². The molecule has 2 N–H and O–H groups in total. The van der Waals surface area contributed by atoms with Gasteiger partial charge in [0.2, 0.25) is 0 Å². The second kappa shape index (κ2) is 8.87. The number of phenolic OH excluding ortho intramolecular Hbond substituents is 1. The molecule has 0 unspecified atom stereocenters. The van der Waals surface area contributed by atoms with Crippen LogP contribution in [0.1, 0.15) is 44.6 Å². The highest BCUT2D eigenvalue weighted by Gasteiger charge is 2.16. The second-order valence-corrected chi connectivity index (χ2v) is 7.39. The largest absolute Gasteiger partial charge is 0.508 e. The van der Waals surface area contributed by atoms with E-state index >= 15 is 0 Å². The van der Waals surface area contributed by atoms with E-state index in [0.717, 1.165) is 32.1 Å². The molecule has 0 radical (unpaired) electrons. The number of hydrogen-bond acceptors (Lipinski definition) is 4. The quantitative estimate of drug-likeness (QED) is 0.486. The Morgan fingerprint density at radius 2 is 1.56 bits per heavy atom. The summed E-state index contributed by atoms with van der Waals surface area (Å²) in [6, 6.07) is 10.8. The van der Waals surface area contributed by atoms with E-state index in [0.29, 0.717) is 23.5 Å². The Balaban J connectivity index is 2.16. The lowest BCUT2D eigenvalue weighted by Gasteiger charge is -2.11. The third kappa shape index (κ3) is 6.07. The van der Waals surface area contributed by atoms with E-state index in [9.17, 15) is 18.1 Å². The number of phenols is 1. The molecule has 2 aromatic rings. The molecule has 0 bridgehead atoms. The van der Waals surface area contributed by atoms with Gasteiger partial charge in [-0.25, -0.2) is 0 Å². The maximum absolute atomic E-state index is 11.6. The van der Waals surface area contributed by atoms with Crippen LogP contribution in [0.3, 0.4) is 0 Å². The van der Waals surface area contributed by atoms with Crippen molar-refractivity contribution in [3.63, 3.8) is 0 Å². The molecule has 0 spiro atoms. The van der Waals surface area contributed by atoms with Crippen LogP contribution in [-0.4, -0.2) is 18.1 Å². The van der Waals surface area contributed by atoms with Gasteiger partial charge >= 0.3 is 0 Å². The highest BCUT2D eigenvalue weighted by atomic mass is 32.2. The van der Waals surface area contributed by atoms with Gasteiger partial charge in [-0.2, -0.15) is 8.42 Å². The summed E-state index contributed by atoms with van der Waals surface area (Å²) in [6.07, 6.45) is 5.85. The highest BCUT2D eigenvalue weighted by molar-refractivity contribution is 7.85. The monoisotopic (exact) mass is 364 g/mol. The van der Waals surface area contributed by atoms with Crippen molar-refractivity contribution in [1.29, 1.82) is 0 Å². The Morgan fingerprint density at radius 1 is 0.920 bits per heavy atom. The Kier molecular flexibility index (Phi) is 6.84. The fourth-order valence-electron chi connectivity index (χ4n) is 2.64. The molecular weight excluding hydrogens is 340 g/mol. The summed E-state index contributed by atoms with van der Waals surface area (Å²) >= 11 is 0. The molecule has 0 saturated carbocycles. The summed E-state index contributed by atoms with van der Waals surface area (Å²) in [6.45, 7) is 2.14. The lowest BCUT2D eigenvalue weighted by Crippen LogP contribution is -2.04. The van der Waals surface area contributed by atoms with E-state index in [4.69, 9.17) is 4.74 Å². The van der Waals surface area contributed by atoms with E-state index in [2.05, 4.69) is 6.92 Å². The molecule has 25 heavy (non-hydrogen) atoms. The Labute approximate surface area is 149 Å². The molecule has 136 valence electrons. The van der Waals surface area contributed by atoms with Crippen LogP contribution in [0.15, 0.2) is 47.4 Å². The van der Waals surface area contributed by atoms with Crippen molar-refractivity contribution in [1.82, 2.24) is 0 Å². The third-order valence-corrected chi connectivity index (χ3v) is 4.89. The first-order valence-corrected chi connectivity index (χ1v) is 9.91. The molecule has 5 nitrogen and oxygen atoms in total. The lowest BCUT2D eigenvalue weighted by atomic mass is 10.1. The van der Waals surface area contributed by atoms with Gasteiger partial charge in [-0.1, -0.05) is 32.6 Å². The first-order chi connectivity index (χ1) is 11.9.